The molecule has 1 amide bonds. The molecule has 0 aromatic heterocycles. The number of hydrogen-bond donors (Lipinski definition) is 2. The number of ketones is 1. The molecule has 0 radical (unpaired) electrons. The quantitative estimate of drug-likeness (QED) is 0.520. The van der Waals surface area contributed by atoms with Crippen LogP contribution in [0, 0.1) is 0 Å². The lowest BCUT2D eigenvalue weighted by Gasteiger charge is -2.11. The van der Waals surface area contributed by atoms with Crippen LogP contribution in [-0.4, -0.2) is 23.4 Å². The molecule has 0 aliphatic heterocycles. The Morgan fingerprint density at radius 3 is 2.41 bits per heavy atom. The molecule has 0 saturated carbocycles. The number of carbonyl (C=O) groups excluding carboxylic acids is 2. The molecular weight excluding hydrogens is 360 g/mol. The average Bonchev–Trinajstić information content (AvgIpc) is 2.66. The number of amides is 1. The number of carbonyl (C=O) groups is 2. The van der Waals surface area contributed by atoms with Gasteiger partial charge in [0.1, 0.15) is 5.75 Å². The summed E-state index contributed by atoms with van der Waals surface area (Å²) in [4.78, 5) is 23.4. The third kappa shape index (κ3) is 4.89. The van der Waals surface area contributed by atoms with Crippen LogP contribution in [0.5, 0.6) is 5.75 Å². The number of rotatable bonds is 5. The van der Waals surface area contributed by atoms with Gasteiger partial charge in [0.2, 0.25) is 0 Å². The van der Waals surface area contributed by atoms with Crippen LogP contribution in [-0.2, 0) is 4.79 Å². The maximum absolute atomic E-state index is 12.1. The highest BCUT2D eigenvalue weighted by Gasteiger charge is 2.08. The van der Waals surface area contributed by atoms with E-state index in [-0.39, 0.29) is 23.4 Å². The standard InChI is InChI=1S/C21H18N2O3S/c1-14(24)15-9-11-17(12-10-15)22-21(27)23-20(25)13-26-19-8-4-6-16-5-2-3-7-18(16)19/h2-12H,13H2,1H3,(H2,22,23,25,27). The van der Waals surface area contributed by atoms with E-state index in [9.17, 15) is 9.59 Å². The molecule has 5 nitrogen and oxygen atoms in total. The first-order chi connectivity index (χ1) is 13.0. The Labute approximate surface area is 162 Å². The Balaban J connectivity index is 1.54. The fourth-order valence-electron chi connectivity index (χ4n) is 2.58. The van der Waals surface area contributed by atoms with Crippen molar-refractivity contribution >= 4 is 45.5 Å². The van der Waals surface area contributed by atoms with Crippen LogP contribution in [0.3, 0.4) is 0 Å². The monoisotopic (exact) mass is 378 g/mol. The molecule has 0 unspecified atom stereocenters. The summed E-state index contributed by atoms with van der Waals surface area (Å²) in [5.74, 6) is 0.269. The number of benzene rings is 3. The summed E-state index contributed by atoms with van der Waals surface area (Å²) < 4.78 is 5.64. The lowest BCUT2D eigenvalue weighted by molar-refractivity contribution is -0.121. The summed E-state index contributed by atoms with van der Waals surface area (Å²) in [6.45, 7) is 1.35. The predicted octanol–water partition coefficient (Wildman–Crippen LogP) is 3.93. The Morgan fingerprint density at radius 2 is 1.67 bits per heavy atom. The van der Waals surface area contributed by atoms with Gasteiger partial charge in [-0.25, -0.2) is 0 Å². The maximum atomic E-state index is 12.1. The highest BCUT2D eigenvalue weighted by molar-refractivity contribution is 7.80. The van der Waals surface area contributed by atoms with E-state index in [1.165, 1.54) is 6.92 Å². The van der Waals surface area contributed by atoms with Crippen molar-refractivity contribution in [3.8, 4) is 5.75 Å². The van der Waals surface area contributed by atoms with Crippen molar-refractivity contribution in [2.45, 2.75) is 6.92 Å². The van der Waals surface area contributed by atoms with Crippen molar-refractivity contribution in [2.75, 3.05) is 11.9 Å². The van der Waals surface area contributed by atoms with Gasteiger partial charge in [-0.15, -0.1) is 0 Å². The van der Waals surface area contributed by atoms with Crippen LogP contribution in [0.1, 0.15) is 17.3 Å². The Morgan fingerprint density at radius 1 is 0.963 bits per heavy atom. The van der Waals surface area contributed by atoms with E-state index < -0.39 is 0 Å². The molecular formula is C21H18N2O3S. The smallest absolute Gasteiger partial charge is 0.264 e. The van der Waals surface area contributed by atoms with E-state index in [0.717, 1.165) is 10.8 Å². The van der Waals surface area contributed by atoms with Crippen LogP contribution >= 0.6 is 12.2 Å². The molecule has 6 heteroatoms. The minimum absolute atomic E-state index is 0.0111. The number of nitrogens with one attached hydrogen (secondary N) is 2. The van der Waals surface area contributed by atoms with Crippen LogP contribution < -0.4 is 15.4 Å². The molecule has 2 N–H and O–H groups in total. The van der Waals surface area contributed by atoms with Gasteiger partial charge in [-0.05, 0) is 54.9 Å². The van der Waals surface area contributed by atoms with Crippen molar-refractivity contribution in [3.05, 3.63) is 72.3 Å². The van der Waals surface area contributed by atoms with Crippen LogP contribution in [0.2, 0.25) is 0 Å². The summed E-state index contributed by atoms with van der Waals surface area (Å²) >= 11 is 5.14. The molecule has 27 heavy (non-hydrogen) atoms. The Hall–Kier alpha value is -3.25. The zero-order valence-electron chi connectivity index (χ0n) is 14.7. The van der Waals surface area contributed by atoms with E-state index in [0.29, 0.717) is 17.0 Å². The number of Topliss-reactive ketones (excluding diaryl/α,β-unsaturated/α-hetero) is 1. The zero-order chi connectivity index (χ0) is 19.2. The maximum Gasteiger partial charge on any atom is 0.264 e. The summed E-state index contributed by atoms with van der Waals surface area (Å²) in [6.07, 6.45) is 0. The summed E-state index contributed by atoms with van der Waals surface area (Å²) in [5, 5.41) is 7.62. The summed E-state index contributed by atoms with van der Waals surface area (Å²) in [7, 11) is 0. The van der Waals surface area contributed by atoms with Gasteiger partial charge >= 0.3 is 0 Å². The first-order valence-electron chi connectivity index (χ1n) is 8.35. The molecule has 0 heterocycles. The van der Waals surface area contributed by atoms with Crippen molar-refractivity contribution in [2.24, 2.45) is 0 Å². The second-order valence-electron chi connectivity index (χ2n) is 5.90. The predicted molar refractivity (Wildman–Crippen MR) is 110 cm³/mol. The number of fused-ring (bicyclic) bond motifs is 1. The Kier molecular flexibility index (Phi) is 5.78. The lowest BCUT2D eigenvalue weighted by Crippen LogP contribution is -2.37. The van der Waals surface area contributed by atoms with E-state index in [2.05, 4.69) is 10.6 Å². The minimum Gasteiger partial charge on any atom is -0.483 e. The third-order valence-electron chi connectivity index (χ3n) is 3.91. The van der Waals surface area contributed by atoms with Crippen molar-refractivity contribution in [1.29, 1.82) is 0 Å². The molecule has 136 valence electrons. The molecule has 3 aromatic rings. The van der Waals surface area contributed by atoms with Gasteiger partial charge in [0.25, 0.3) is 5.91 Å². The van der Waals surface area contributed by atoms with E-state index in [1.54, 1.807) is 24.3 Å². The molecule has 0 bridgehead atoms. The number of thiocarbonyl (C=S) groups is 1. The second kappa shape index (κ2) is 8.42. The van der Waals surface area contributed by atoms with E-state index in [1.807, 2.05) is 42.5 Å². The molecule has 0 saturated heterocycles. The molecule has 0 fully saturated rings. The number of anilines is 1. The average molecular weight is 378 g/mol. The molecule has 3 aromatic carbocycles. The van der Waals surface area contributed by atoms with Crippen LogP contribution in [0.4, 0.5) is 5.69 Å². The normalized spacial score (nSPS) is 10.3. The van der Waals surface area contributed by atoms with Crippen LogP contribution in [0.15, 0.2) is 66.7 Å². The topological polar surface area (TPSA) is 67.4 Å². The molecule has 0 atom stereocenters. The fraction of sp³-hybridized carbons (Fsp3) is 0.0952. The van der Waals surface area contributed by atoms with Gasteiger partial charge in [0, 0.05) is 16.6 Å². The summed E-state index contributed by atoms with van der Waals surface area (Å²) in [6, 6.07) is 20.3. The number of hydrogen-bond acceptors (Lipinski definition) is 4. The zero-order valence-corrected chi connectivity index (χ0v) is 15.5. The minimum atomic E-state index is -0.360. The molecule has 3 rings (SSSR count). The highest BCUT2D eigenvalue weighted by Crippen LogP contribution is 2.24. The van der Waals surface area contributed by atoms with Gasteiger partial charge in [-0.2, -0.15) is 0 Å². The molecule has 0 aliphatic rings. The first-order valence-corrected chi connectivity index (χ1v) is 8.76. The van der Waals surface area contributed by atoms with Crippen molar-refractivity contribution < 1.29 is 14.3 Å². The third-order valence-corrected chi connectivity index (χ3v) is 4.11. The SMILES string of the molecule is CC(=O)c1ccc(NC(=S)NC(=O)COc2cccc3ccccc23)cc1. The van der Waals surface area contributed by atoms with E-state index in [4.69, 9.17) is 17.0 Å². The first kappa shape index (κ1) is 18.5. The van der Waals surface area contributed by atoms with Crippen molar-refractivity contribution in [3.63, 3.8) is 0 Å². The van der Waals surface area contributed by atoms with Crippen molar-refractivity contribution in [1.82, 2.24) is 5.32 Å². The Bertz CT molecular complexity index is 994. The van der Waals surface area contributed by atoms with Gasteiger partial charge in [0.15, 0.2) is 17.5 Å². The number of ether oxygens (including phenoxy) is 1. The van der Waals surface area contributed by atoms with Gasteiger partial charge in [0.05, 0.1) is 0 Å². The highest BCUT2D eigenvalue weighted by atomic mass is 32.1. The largest absolute Gasteiger partial charge is 0.483 e. The molecule has 0 spiro atoms. The van der Waals surface area contributed by atoms with Gasteiger partial charge in [-0.1, -0.05) is 36.4 Å². The second-order valence-corrected chi connectivity index (χ2v) is 6.31. The molecule has 0 aliphatic carbocycles. The summed E-state index contributed by atoms with van der Waals surface area (Å²) in [5.41, 5.74) is 1.29. The lowest BCUT2D eigenvalue weighted by atomic mass is 10.1. The van der Waals surface area contributed by atoms with Gasteiger partial charge in [-0.3, -0.25) is 14.9 Å². The van der Waals surface area contributed by atoms with Crippen LogP contribution in [0.25, 0.3) is 10.8 Å². The van der Waals surface area contributed by atoms with E-state index >= 15 is 0 Å². The fourth-order valence-corrected chi connectivity index (χ4v) is 2.81. The van der Waals surface area contributed by atoms with Gasteiger partial charge < -0.3 is 10.1 Å².